The average molecular weight is 397 g/mol. The SMILES string of the molecule is Cc1ccc(OC(C)C(=O)NCc2ccc(OC3CCN(C)CC3)cc2)c(C)c1. The maximum Gasteiger partial charge on any atom is 0.261 e. The molecular weight excluding hydrogens is 364 g/mol. The lowest BCUT2D eigenvalue weighted by molar-refractivity contribution is -0.127. The number of nitrogens with zero attached hydrogens (tertiary/aromatic N) is 1. The summed E-state index contributed by atoms with van der Waals surface area (Å²) in [4.78, 5) is 14.7. The highest BCUT2D eigenvalue weighted by atomic mass is 16.5. The predicted molar refractivity (Wildman–Crippen MR) is 115 cm³/mol. The van der Waals surface area contributed by atoms with Gasteiger partial charge < -0.3 is 19.7 Å². The van der Waals surface area contributed by atoms with Gasteiger partial charge in [-0.25, -0.2) is 0 Å². The molecule has 1 heterocycles. The van der Waals surface area contributed by atoms with Crippen molar-refractivity contribution < 1.29 is 14.3 Å². The first-order chi connectivity index (χ1) is 13.9. The van der Waals surface area contributed by atoms with E-state index in [0.717, 1.165) is 48.6 Å². The van der Waals surface area contributed by atoms with Crippen LogP contribution in [0.3, 0.4) is 0 Å². The van der Waals surface area contributed by atoms with E-state index in [1.807, 2.05) is 50.2 Å². The van der Waals surface area contributed by atoms with Crippen molar-refractivity contribution in [2.75, 3.05) is 20.1 Å². The van der Waals surface area contributed by atoms with Gasteiger partial charge >= 0.3 is 0 Å². The topological polar surface area (TPSA) is 50.8 Å². The summed E-state index contributed by atoms with van der Waals surface area (Å²) in [6.07, 6.45) is 1.86. The fourth-order valence-corrected chi connectivity index (χ4v) is 3.49. The lowest BCUT2D eigenvalue weighted by atomic mass is 10.1. The molecule has 1 N–H and O–H groups in total. The number of amides is 1. The van der Waals surface area contributed by atoms with Gasteiger partial charge in [0, 0.05) is 19.6 Å². The summed E-state index contributed by atoms with van der Waals surface area (Å²) < 4.78 is 11.9. The molecule has 156 valence electrons. The lowest BCUT2D eigenvalue weighted by Gasteiger charge is -2.29. The molecule has 0 aliphatic carbocycles. The van der Waals surface area contributed by atoms with Gasteiger partial charge in [0.2, 0.25) is 0 Å². The molecule has 1 amide bonds. The first-order valence-corrected chi connectivity index (χ1v) is 10.4. The molecule has 0 radical (unpaired) electrons. The number of benzene rings is 2. The summed E-state index contributed by atoms with van der Waals surface area (Å²) in [6, 6.07) is 13.9. The highest BCUT2D eigenvalue weighted by Gasteiger charge is 2.18. The minimum absolute atomic E-state index is 0.128. The number of ether oxygens (including phenoxy) is 2. The van der Waals surface area contributed by atoms with E-state index in [-0.39, 0.29) is 5.91 Å². The number of hydrogen-bond donors (Lipinski definition) is 1. The standard InChI is InChI=1S/C24H32N2O3/c1-17-5-10-23(18(2)15-17)28-19(3)24(27)25-16-20-6-8-21(9-7-20)29-22-11-13-26(4)14-12-22/h5-10,15,19,22H,11-14,16H2,1-4H3,(H,25,27). The summed E-state index contributed by atoms with van der Waals surface area (Å²) in [5.74, 6) is 1.51. The van der Waals surface area contributed by atoms with Crippen LogP contribution in [0.2, 0.25) is 0 Å². The van der Waals surface area contributed by atoms with E-state index in [1.165, 1.54) is 5.56 Å². The Kier molecular flexibility index (Phi) is 7.15. The van der Waals surface area contributed by atoms with Gasteiger partial charge in [-0.3, -0.25) is 4.79 Å². The van der Waals surface area contributed by atoms with Crippen LogP contribution >= 0.6 is 0 Å². The molecule has 1 saturated heterocycles. The van der Waals surface area contributed by atoms with Crippen molar-refractivity contribution >= 4 is 5.91 Å². The Bertz CT molecular complexity index is 811. The quantitative estimate of drug-likeness (QED) is 0.772. The first-order valence-electron chi connectivity index (χ1n) is 10.4. The van der Waals surface area contributed by atoms with Crippen LogP contribution in [0, 0.1) is 13.8 Å². The van der Waals surface area contributed by atoms with Crippen LogP contribution in [0.5, 0.6) is 11.5 Å². The van der Waals surface area contributed by atoms with Gasteiger partial charge in [-0.1, -0.05) is 29.8 Å². The van der Waals surface area contributed by atoms with Crippen LogP contribution in [-0.4, -0.2) is 43.2 Å². The van der Waals surface area contributed by atoms with Gasteiger partial charge in [-0.2, -0.15) is 0 Å². The zero-order valence-electron chi connectivity index (χ0n) is 17.9. The summed E-state index contributed by atoms with van der Waals surface area (Å²) in [7, 11) is 2.15. The van der Waals surface area contributed by atoms with Gasteiger partial charge in [-0.15, -0.1) is 0 Å². The van der Waals surface area contributed by atoms with E-state index in [2.05, 4.69) is 23.3 Å². The monoisotopic (exact) mass is 396 g/mol. The maximum atomic E-state index is 12.4. The van der Waals surface area contributed by atoms with Gasteiger partial charge in [0.15, 0.2) is 6.10 Å². The number of nitrogens with one attached hydrogen (secondary N) is 1. The Morgan fingerprint density at radius 3 is 2.48 bits per heavy atom. The number of likely N-dealkylation sites (tertiary alicyclic amines) is 1. The molecule has 2 aromatic rings. The zero-order chi connectivity index (χ0) is 20.8. The summed E-state index contributed by atoms with van der Waals surface area (Å²) in [5, 5.41) is 2.95. The molecular formula is C24H32N2O3. The molecule has 1 unspecified atom stereocenters. The molecule has 5 heteroatoms. The molecule has 1 aliphatic rings. The number of rotatable bonds is 7. The molecule has 0 saturated carbocycles. The van der Waals surface area contributed by atoms with E-state index in [9.17, 15) is 4.79 Å². The highest BCUT2D eigenvalue weighted by Crippen LogP contribution is 2.21. The van der Waals surface area contributed by atoms with E-state index >= 15 is 0 Å². The Balaban J connectivity index is 1.45. The van der Waals surface area contributed by atoms with Crippen LogP contribution in [-0.2, 0) is 11.3 Å². The van der Waals surface area contributed by atoms with Crippen molar-refractivity contribution in [3.8, 4) is 11.5 Å². The second-order valence-electron chi connectivity index (χ2n) is 8.01. The van der Waals surface area contributed by atoms with Gasteiger partial charge in [0.1, 0.15) is 17.6 Å². The van der Waals surface area contributed by atoms with Crippen molar-refractivity contribution in [2.24, 2.45) is 0 Å². The van der Waals surface area contributed by atoms with E-state index < -0.39 is 6.10 Å². The Morgan fingerprint density at radius 2 is 1.83 bits per heavy atom. The van der Waals surface area contributed by atoms with E-state index in [4.69, 9.17) is 9.47 Å². The second kappa shape index (κ2) is 9.79. The molecule has 1 atom stereocenters. The van der Waals surface area contributed by atoms with Crippen LogP contribution in [0.15, 0.2) is 42.5 Å². The smallest absolute Gasteiger partial charge is 0.261 e. The minimum Gasteiger partial charge on any atom is -0.490 e. The largest absolute Gasteiger partial charge is 0.490 e. The maximum absolute atomic E-state index is 12.4. The third-order valence-electron chi connectivity index (χ3n) is 5.36. The average Bonchev–Trinajstić information content (AvgIpc) is 2.71. The van der Waals surface area contributed by atoms with Gasteiger partial charge in [0.25, 0.3) is 5.91 Å². The van der Waals surface area contributed by atoms with Crippen molar-refractivity contribution in [2.45, 2.75) is 52.4 Å². The molecule has 5 nitrogen and oxygen atoms in total. The van der Waals surface area contributed by atoms with E-state index in [1.54, 1.807) is 6.92 Å². The Labute approximate surface area is 174 Å². The highest BCUT2D eigenvalue weighted by molar-refractivity contribution is 5.80. The molecule has 3 rings (SSSR count). The molecule has 0 bridgehead atoms. The van der Waals surface area contributed by atoms with Crippen molar-refractivity contribution in [3.05, 3.63) is 59.2 Å². The molecule has 1 aliphatic heterocycles. The number of carbonyl (C=O) groups excluding carboxylic acids is 1. The van der Waals surface area contributed by atoms with Crippen LogP contribution in [0.1, 0.15) is 36.5 Å². The third-order valence-corrected chi connectivity index (χ3v) is 5.36. The first kappa shape index (κ1) is 21.2. The van der Waals surface area contributed by atoms with E-state index in [0.29, 0.717) is 12.6 Å². The van der Waals surface area contributed by atoms with Gasteiger partial charge in [0.05, 0.1) is 0 Å². The lowest BCUT2D eigenvalue weighted by Crippen LogP contribution is -2.36. The fourth-order valence-electron chi connectivity index (χ4n) is 3.49. The fraction of sp³-hybridized carbons (Fsp3) is 0.458. The predicted octanol–water partition coefficient (Wildman–Crippen LogP) is 3.86. The molecule has 0 aromatic heterocycles. The number of hydrogen-bond acceptors (Lipinski definition) is 4. The molecule has 29 heavy (non-hydrogen) atoms. The summed E-state index contributed by atoms with van der Waals surface area (Å²) in [5.41, 5.74) is 3.24. The summed E-state index contributed by atoms with van der Waals surface area (Å²) in [6.45, 7) is 8.43. The second-order valence-corrected chi connectivity index (χ2v) is 8.01. The Hall–Kier alpha value is -2.53. The third kappa shape index (κ3) is 6.23. The van der Waals surface area contributed by atoms with Crippen LogP contribution < -0.4 is 14.8 Å². The zero-order valence-corrected chi connectivity index (χ0v) is 17.9. The molecule has 1 fully saturated rings. The number of piperidine rings is 1. The van der Waals surface area contributed by atoms with Crippen molar-refractivity contribution in [3.63, 3.8) is 0 Å². The van der Waals surface area contributed by atoms with Crippen LogP contribution in [0.4, 0.5) is 0 Å². The normalized spacial score (nSPS) is 16.3. The molecule has 0 spiro atoms. The van der Waals surface area contributed by atoms with Crippen molar-refractivity contribution in [1.82, 2.24) is 10.2 Å². The number of carbonyl (C=O) groups is 1. The Morgan fingerprint density at radius 1 is 1.14 bits per heavy atom. The van der Waals surface area contributed by atoms with Crippen LogP contribution in [0.25, 0.3) is 0 Å². The summed E-state index contributed by atoms with van der Waals surface area (Å²) >= 11 is 0. The van der Waals surface area contributed by atoms with Gasteiger partial charge in [-0.05, 0) is 70.0 Å². The number of aryl methyl sites for hydroxylation is 2. The minimum atomic E-state index is -0.552. The van der Waals surface area contributed by atoms with Crippen molar-refractivity contribution in [1.29, 1.82) is 0 Å². The molecule has 2 aromatic carbocycles.